The number of quaternary nitrogens is 1. The number of ether oxygens (including phenoxy) is 1. The van der Waals surface area contributed by atoms with Crippen molar-refractivity contribution in [1.82, 2.24) is 5.32 Å². The second kappa shape index (κ2) is 59.8. The fourth-order valence-corrected chi connectivity index (χ4v) is 9.74. The molecule has 81 heavy (non-hydrogen) atoms. The summed E-state index contributed by atoms with van der Waals surface area (Å²) in [4.78, 5) is 40.1. The molecule has 1 amide bonds. The molecule has 0 aromatic rings. The van der Waals surface area contributed by atoms with E-state index in [0.29, 0.717) is 23.9 Å². The highest BCUT2D eigenvalue weighted by Crippen LogP contribution is 2.38. The summed E-state index contributed by atoms with van der Waals surface area (Å²) in [7, 11) is 1.15. The number of nitrogens with zero attached hydrogens (tertiary/aromatic N) is 1. The molecule has 0 fully saturated rings. The van der Waals surface area contributed by atoms with Crippen molar-refractivity contribution in [2.24, 2.45) is 0 Å². The Balaban J connectivity index is 5.21. The lowest BCUT2D eigenvalue weighted by Crippen LogP contribution is -2.47. The highest BCUT2D eigenvalue weighted by molar-refractivity contribution is 7.45. The van der Waals surface area contributed by atoms with E-state index >= 15 is 0 Å². The minimum atomic E-state index is -4.72. The Morgan fingerprint density at radius 1 is 0.432 bits per heavy atom. The predicted molar refractivity (Wildman–Crippen MR) is 348 cm³/mol. The molecule has 0 saturated carbocycles. The van der Waals surface area contributed by atoms with E-state index in [9.17, 15) is 19.0 Å². The Labute approximate surface area is 500 Å². The van der Waals surface area contributed by atoms with Gasteiger partial charge in [-0.15, -0.1) is 0 Å². The van der Waals surface area contributed by atoms with Crippen LogP contribution in [0.4, 0.5) is 0 Å². The number of hydrogen-bond donors (Lipinski definition) is 1. The van der Waals surface area contributed by atoms with Crippen LogP contribution in [-0.2, 0) is 27.9 Å². The van der Waals surface area contributed by atoms with Gasteiger partial charge >= 0.3 is 5.97 Å². The SMILES string of the molecule is CCCCC/C=C\C/C=C\C/C=C\C/C=C\CCCCCCCCCC(=O)OC(/C=C/CCCCCCCCCCC)C(COP(=O)([O-])OCC[N+](C)(C)C)NC(=O)CCCCCCC/C=C\C/C=C\C/C=C\C/C=C\CCCCC. The van der Waals surface area contributed by atoms with Crippen molar-refractivity contribution >= 4 is 19.7 Å². The molecule has 9 nitrogen and oxygen atoms in total. The third-order valence-electron chi connectivity index (χ3n) is 14.2. The molecule has 3 unspecified atom stereocenters. The first-order chi connectivity index (χ1) is 39.4. The van der Waals surface area contributed by atoms with Crippen molar-refractivity contribution < 1.29 is 37.3 Å². The van der Waals surface area contributed by atoms with Crippen LogP contribution in [0.25, 0.3) is 0 Å². The van der Waals surface area contributed by atoms with Crippen LogP contribution in [0.15, 0.2) is 109 Å². The molecule has 1 N–H and O–H groups in total. The maximum absolute atomic E-state index is 13.6. The topological polar surface area (TPSA) is 114 Å². The molecule has 0 aliphatic heterocycles. The fourth-order valence-electron chi connectivity index (χ4n) is 9.02. The van der Waals surface area contributed by atoms with Gasteiger partial charge in [0.1, 0.15) is 19.3 Å². The Kier molecular flexibility index (Phi) is 57.4. The van der Waals surface area contributed by atoms with Gasteiger partial charge in [0.05, 0.1) is 33.8 Å². The first-order valence-corrected chi connectivity index (χ1v) is 34.7. The van der Waals surface area contributed by atoms with Gasteiger partial charge in [-0.25, -0.2) is 0 Å². The van der Waals surface area contributed by atoms with Gasteiger partial charge in [0.25, 0.3) is 7.82 Å². The lowest BCUT2D eigenvalue weighted by atomic mass is 10.1. The number of carbonyl (C=O) groups is 2. The van der Waals surface area contributed by atoms with E-state index in [2.05, 4.69) is 123 Å². The third-order valence-corrected chi connectivity index (χ3v) is 15.1. The summed E-state index contributed by atoms with van der Waals surface area (Å²) >= 11 is 0. The number of nitrogens with one attached hydrogen (secondary N) is 1. The van der Waals surface area contributed by atoms with Crippen LogP contribution in [0.5, 0.6) is 0 Å². The number of carbonyl (C=O) groups excluding carboxylic acids is 2. The van der Waals surface area contributed by atoms with Gasteiger partial charge in [-0.05, 0) is 122 Å². The molecule has 0 aromatic heterocycles. The first kappa shape index (κ1) is 77.7. The average molecular weight is 1150 g/mol. The Bertz CT molecular complexity index is 1750. The molecule has 10 heteroatoms. The van der Waals surface area contributed by atoms with Crippen LogP contribution in [0.1, 0.15) is 278 Å². The van der Waals surface area contributed by atoms with Crippen molar-refractivity contribution in [2.45, 2.75) is 290 Å². The van der Waals surface area contributed by atoms with Crippen LogP contribution in [0, 0.1) is 0 Å². The number of phosphoric ester groups is 1. The lowest BCUT2D eigenvalue weighted by Gasteiger charge is -2.30. The van der Waals surface area contributed by atoms with E-state index in [1.807, 2.05) is 33.3 Å². The van der Waals surface area contributed by atoms with E-state index in [0.717, 1.165) is 116 Å². The summed E-state index contributed by atoms with van der Waals surface area (Å²) in [6, 6.07) is -0.910. The van der Waals surface area contributed by atoms with Gasteiger partial charge in [-0.3, -0.25) is 14.2 Å². The number of rotatable bonds is 59. The number of esters is 1. The van der Waals surface area contributed by atoms with Crippen molar-refractivity contribution in [2.75, 3.05) is 40.9 Å². The van der Waals surface area contributed by atoms with Gasteiger partial charge in [-0.1, -0.05) is 252 Å². The lowest BCUT2D eigenvalue weighted by molar-refractivity contribution is -0.870. The van der Waals surface area contributed by atoms with Crippen LogP contribution < -0.4 is 10.2 Å². The van der Waals surface area contributed by atoms with Crippen molar-refractivity contribution in [3.63, 3.8) is 0 Å². The Morgan fingerprint density at radius 2 is 0.753 bits per heavy atom. The number of hydrogen-bond acceptors (Lipinski definition) is 7. The van der Waals surface area contributed by atoms with Crippen LogP contribution in [0.3, 0.4) is 0 Å². The standard InChI is InChI=1S/C71H125N2O7P/c1-7-10-13-16-19-22-25-27-29-31-33-35-36-38-40-42-44-46-49-52-55-58-61-64-71(75)80-69(62-59-56-53-50-47-24-21-18-15-12-9-3)68(67-79-81(76,77)78-66-65-73(4,5)6)72-70(74)63-60-57-54-51-48-45-43-41-39-37-34-32-30-28-26-23-20-17-14-11-8-2/h19-20,22-23,27-30,33-35,37-38,40-41,43,59,62,68-69H,7-18,21,24-26,31-32,36,39,42,44-58,60-61,63-67H2,1-6H3,(H-,72,74,76,77)/b22-19-,23-20-,29-27-,30-28-,35-33-,37-34-,40-38-,43-41-,62-59+. The number of allylic oxidation sites excluding steroid dienone is 17. The second-order valence-electron chi connectivity index (χ2n) is 23.3. The average Bonchev–Trinajstić information content (AvgIpc) is 3.44. The van der Waals surface area contributed by atoms with E-state index in [-0.39, 0.29) is 31.3 Å². The highest BCUT2D eigenvalue weighted by Gasteiger charge is 2.27. The van der Waals surface area contributed by atoms with E-state index in [1.54, 1.807) is 0 Å². The molecule has 0 saturated heterocycles. The maximum atomic E-state index is 13.6. The summed E-state index contributed by atoms with van der Waals surface area (Å²) in [5.74, 6) is -0.578. The zero-order valence-electron chi connectivity index (χ0n) is 53.2. The summed E-state index contributed by atoms with van der Waals surface area (Å²) in [6.45, 7) is 6.76. The summed E-state index contributed by atoms with van der Waals surface area (Å²) in [5, 5.41) is 3.02. The van der Waals surface area contributed by atoms with Gasteiger partial charge in [0, 0.05) is 12.8 Å². The van der Waals surface area contributed by atoms with E-state index in [4.69, 9.17) is 13.8 Å². The van der Waals surface area contributed by atoms with E-state index in [1.165, 1.54) is 116 Å². The molecule has 466 valence electrons. The molecule has 0 heterocycles. The van der Waals surface area contributed by atoms with Crippen molar-refractivity contribution in [3.05, 3.63) is 109 Å². The minimum Gasteiger partial charge on any atom is -0.756 e. The predicted octanol–water partition coefficient (Wildman–Crippen LogP) is 20.3. The molecule has 0 aliphatic rings. The Morgan fingerprint density at radius 3 is 1.15 bits per heavy atom. The van der Waals surface area contributed by atoms with Gasteiger partial charge in [-0.2, -0.15) is 0 Å². The van der Waals surface area contributed by atoms with Gasteiger partial charge < -0.3 is 28.5 Å². The quantitative estimate of drug-likeness (QED) is 0.0212. The largest absolute Gasteiger partial charge is 0.756 e. The summed E-state index contributed by atoms with van der Waals surface area (Å²) in [5.41, 5.74) is 0. The maximum Gasteiger partial charge on any atom is 0.306 e. The highest BCUT2D eigenvalue weighted by atomic mass is 31.2. The smallest absolute Gasteiger partial charge is 0.306 e. The number of amides is 1. The van der Waals surface area contributed by atoms with Gasteiger partial charge in [0.15, 0.2) is 0 Å². The molecule has 0 spiro atoms. The Hall–Kier alpha value is -3.33. The number of unbranched alkanes of at least 4 members (excludes halogenated alkanes) is 27. The van der Waals surface area contributed by atoms with Gasteiger partial charge in [0.2, 0.25) is 5.91 Å². The molecule has 0 radical (unpaired) electrons. The fraction of sp³-hybridized carbons (Fsp3) is 0.718. The molecular weight excluding hydrogens is 1020 g/mol. The van der Waals surface area contributed by atoms with E-state index < -0.39 is 26.6 Å². The van der Waals surface area contributed by atoms with Crippen molar-refractivity contribution in [3.8, 4) is 0 Å². The minimum absolute atomic E-state index is 0.0337. The zero-order valence-corrected chi connectivity index (χ0v) is 54.1. The molecule has 0 bridgehead atoms. The van der Waals surface area contributed by atoms with Crippen molar-refractivity contribution in [1.29, 1.82) is 0 Å². The van der Waals surface area contributed by atoms with Crippen LogP contribution >= 0.6 is 7.82 Å². The van der Waals surface area contributed by atoms with Crippen LogP contribution in [0.2, 0.25) is 0 Å². The molecule has 0 aliphatic carbocycles. The molecule has 0 aromatic carbocycles. The summed E-state index contributed by atoms with van der Waals surface area (Å²) < 4.78 is 30.3. The molecular formula is C71H125N2O7P. The summed E-state index contributed by atoms with van der Waals surface area (Å²) in [6.07, 6.45) is 82.0. The first-order valence-electron chi connectivity index (χ1n) is 33.2. The molecule has 3 atom stereocenters. The normalized spacial score (nSPS) is 14.3. The second-order valence-corrected chi connectivity index (χ2v) is 24.7. The molecule has 0 rings (SSSR count). The number of likely N-dealkylation sites (N-methyl/N-ethyl adjacent to an activating group) is 1. The monoisotopic (exact) mass is 1150 g/mol. The zero-order chi connectivity index (χ0) is 59.3. The number of phosphoric acid groups is 1. The third kappa shape index (κ3) is 61.1. The van der Waals surface area contributed by atoms with Crippen LogP contribution in [-0.4, -0.2) is 69.4 Å².